The Kier molecular flexibility index (Phi) is 8.94. The first-order valence-corrected chi connectivity index (χ1v) is 16.3. The molecule has 0 spiro atoms. The quantitative estimate of drug-likeness (QED) is 0.212. The highest BCUT2D eigenvalue weighted by Crippen LogP contribution is 2.41. The number of carbonyl (C=O) groups is 2. The van der Waals surface area contributed by atoms with Crippen molar-refractivity contribution in [1.82, 2.24) is 19.7 Å². The number of anilines is 2. The van der Waals surface area contributed by atoms with E-state index in [9.17, 15) is 9.59 Å². The number of aromatic nitrogens is 3. The van der Waals surface area contributed by atoms with E-state index < -0.39 is 0 Å². The average Bonchev–Trinajstić information content (AvgIpc) is 3.59. The van der Waals surface area contributed by atoms with E-state index in [2.05, 4.69) is 47.4 Å². The molecule has 2 bridgehead atoms. The highest BCUT2D eigenvalue weighted by atomic mass is 16.5. The van der Waals surface area contributed by atoms with Crippen LogP contribution < -0.4 is 20.1 Å². The number of nitrogens with zero attached hydrogens (tertiary/aromatic N) is 4. The van der Waals surface area contributed by atoms with Crippen molar-refractivity contribution in [2.75, 3.05) is 24.9 Å². The summed E-state index contributed by atoms with van der Waals surface area (Å²) in [4.78, 5) is 33.3. The fraction of sp³-hybridized carbons (Fsp3) is 0.405. The molecule has 2 aliphatic heterocycles. The number of pyridine rings is 1. The van der Waals surface area contributed by atoms with Crippen molar-refractivity contribution in [2.24, 2.45) is 5.92 Å². The second-order valence-corrected chi connectivity index (χ2v) is 13.7. The van der Waals surface area contributed by atoms with Crippen LogP contribution in [0.5, 0.6) is 11.8 Å². The molecule has 10 nitrogen and oxygen atoms in total. The van der Waals surface area contributed by atoms with Gasteiger partial charge in [0.2, 0.25) is 11.8 Å². The minimum absolute atomic E-state index is 0.0292. The number of hydrogen-bond donors (Lipinski definition) is 2. The summed E-state index contributed by atoms with van der Waals surface area (Å²) in [7, 11) is 3.07. The normalized spacial score (nSPS) is 18.9. The lowest BCUT2D eigenvalue weighted by atomic mass is 9.85. The van der Waals surface area contributed by atoms with Crippen LogP contribution in [-0.2, 0) is 11.8 Å². The molecule has 47 heavy (non-hydrogen) atoms. The molecule has 2 fully saturated rings. The highest BCUT2D eigenvalue weighted by Gasteiger charge is 2.44. The Bertz CT molecular complexity index is 1750. The molecule has 2 aromatic carbocycles. The van der Waals surface area contributed by atoms with Crippen LogP contribution in [0, 0.1) is 12.8 Å². The molecular formula is C37H44N6O4. The molecule has 2 atom stereocenters. The average molecular weight is 637 g/mol. The number of hydrogen-bond acceptors (Lipinski definition) is 6. The third-order valence-electron chi connectivity index (χ3n) is 9.24. The van der Waals surface area contributed by atoms with E-state index in [1.165, 1.54) is 7.11 Å². The SMILES string of the molecule is COc1ccc(C(=O)N2C3CCC2CC(Cc2cccc(NC(=O)Nc4cc(C(C)(C)C)nn4-c4ccc(C)cc4)c2)C3)c(OC)n1. The first-order valence-electron chi connectivity index (χ1n) is 16.3. The maximum absolute atomic E-state index is 13.7. The first kappa shape index (κ1) is 32.1. The second kappa shape index (κ2) is 13.1. The number of fused-ring (bicyclic) bond motifs is 2. The third kappa shape index (κ3) is 6.96. The number of piperidine rings is 1. The molecule has 4 aromatic rings. The van der Waals surface area contributed by atoms with Crippen molar-refractivity contribution in [3.63, 3.8) is 0 Å². The molecule has 246 valence electrons. The van der Waals surface area contributed by atoms with Gasteiger partial charge < -0.3 is 19.7 Å². The number of nitrogens with one attached hydrogen (secondary N) is 2. The Hall–Kier alpha value is -4.86. The van der Waals surface area contributed by atoms with Crippen LogP contribution in [0.25, 0.3) is 5.69 Å². The van der Waals surface area contributed by atoms with Crippen molar-refractivity contribution in [1.29, 1.82) is 0 Å². The predicted octanol–water partition coefficient (Wildman–Crippen LogP) is 7.16. The van der Waals surface area contributed by atoms with Gasteiger partial charge in [0.1, 0.15) is 11.4 Å². The summed E-state index contributed by atoms with van der Waals surface area (Å²) in [5.41, 5.74) is 5.10. The summed E-state index contributed by atoms with van der Waals surface area (Å²) in [6.07, 6.45) is 4.75. The van der Waals surface area contributed by atoms with Gasteiger partial charge in [-0.1, -0.05) is 50.6 Å². The number of ether oxygens (including phenoxy) is 2. The van der Waals surface area contributed by atoms with Crippen LogP contribution in [-0.4, -0.2) is 57.9 Å². The van der Waals surface area contributed by atoms with Crippen LogP contribution in [0.15, 0.2) is 66.7 Å². The molecule has 2 unspecified atom stereocenters. The maximum Gasteiger partial charge on any atom is 0.324 e. The summed E-state index contributed by atoms with van der Waals surface area (Å²) < 4.78 is 12.4. The zero-order valence-electron chi connectivity index (χ0n) is 28.0. The molecule has 2 N–H and O–H groups in total. The van der Waals surface area contributed by atoms with E-state index in [1.807, 2.05) is 55.5 Å². The van der Waals surface area contributed by atoms with Crippen molar-refractivity contribution in [3.05, 3.63) is 89.1 Å². The van der Waals surface area contributed by atoms with E-state index in [4.69, 9.17) is 14.6 Å². The third-order valence-corrected chi connectivity index (χ3v) is 9.24. The molecule has 4 heterocycles. The van der Waals surface area contributed by atoms with Crippen LogP contribution in [0.4, 0.5) is 16.3 Å². The summed E-state index contributed by atoms with van der Waals surface area (Å²) >= 11 is 0. The van der Waals surface area contributed by atoms with E-state index in [1.54, 1.807) is 23.9 Å². The van der Waals surface area contributed by atoms with E-state index >= 15 is 0 Å². The number of aryl methyl sites for hydroxylation is 1. The zero-order valence-corrected chi connectivity index (χ0v) is 28.0. The van der Waals surface area contributed by atoms with Gasteiger partial charge in [-0.15, -0.1) is 0 Å². The smallest absolute Gasteiger partial charge is 0.324 e. The zero-order chi connectivity index (χ0) is 33.3. The number of amides is 3. The van der Waals surface area contributed by atoms with E-state index in [0.717, 1.165) is 60.3 Å². The number of benzene rings is 2. The van der Waals surface area contributed by atoms with Crippen LogP contribution in [0.3, 0.4) is 0 Å². The van der Waals surface area contributed by atoms with Crippen molar-refractivity contribution < 1.29 is 19.1 Å². The molecule has 0 saturated carbocycles. The largest absolute Gasteiger partial charge is 0.481 e. The standard InChI is InChI=1S/C37H44N6O4/c1-23-10-12-27(13-11-23)43-32(22-31(41-43)37(2,3)4)39-36(45)38-26-9-7-8-24(19-26)18-25-20-28-14-15-29(21-25)42(28)35(44)30-16-17-33(46-5)40-34(30)47-6/h7-13,16-17,19,22,25,28-29H,14-15,18,20-21H2,1-6H3,(H2,38,39,45). The van der Waals surface area contributed by atoms with Crippen LogP contribution in [0.2, 0.25) is 0 Å². The van der Waals surface area contributed by atoms with Crippen LogP contribution in [0.1, 0.15) is 73.6 Å². The van der Waals surface area contributed by atoms with Gasteiger partial charge in [-0.3, -0.25) is 10.1 Å². The molecule has 6 rings (SSSR count). The maximum atomic E-state index is 13.7. The first-order chi connectivity index (χ1) is 22.5. The van der Waals surface area contributed by atoms with Gasteiger partial charge in [-0.25, -0.2) is 9.48 Å². The van der Waals surface area contributed by atoms with Gasteiger partial charge >= 0.3 is 6.03 Å². The van der Waals surface area contributed by atoms with Crippen molar-refractivity contribution in [3.8, 4) is 17.4 Å². The molecule has 2 aromatic heterocycles. The Morgan fingerprint density at radius 1 is 0.915 bits per heavy atom. The molecule has 2 aliphatic rings. The number of rotatable bonds is 8. The fourth-order valence-corrected chi connectivity index (χ4v) is 6.89. The Labute approximate surface area is 276 Å². The van der Waals surface area contributed by atoms with Gasteiger partial charge in [0.15, 0.2) is 0 Å². The lowest BCUT2D eigenvalue weighted by Gasteiger charge is -2.39. The minimum atomic E-state index is -0.329. The summed E-state index contributed by atoms with van der Waals surface area (Å²) in [6.45, 7) is 8.36. The topological polar surface area (TPSA) is 111 Å². The van der Waals surface area contributed by atoms with Gasteiger partial charge in [-0.05, 0) is 80.8 Å². The lowest BCUT2D eigenvalue weighted by molar-refractivity contribution is 0.0520. The predicted molar refractivity (Wildman–Crippen MR) is 183 cm³/mol. The van der Waals surface area contributed by atoms with Crippen molar-refractivity contribution in [2.45, 2.75) is 77.3 Å². The van der Waals surface area contributed by atoms with E-state index in [-0.39, 0.29) is 29.4 Å². The van der Waals surface area contributed by atoms with Gasteiger partial charge in [0.25, 0.3) is 5.91 Å². The van der Waals surface area contributed by atoms with E-state index in [0.29, 0.717) is 29.1 Å². The second-order valence-electron chi connectivity index (χ2n) is 13.7. The fourth-order valence-electron chi connectivity index (χ4n) is 6.89. The Morgan fingerprint density at radius 2 is 1.64 bits per heavy atom. The molecule has 2 saturated heterocycles. The summed E-state index contributed by atoms with van der Waals surface area (Å²) in [6, 6.07) is 21.5. The van der Waals surface area contributed by atoms with Gasteiger partial charge in [0, 0.05) is 35.3 Å². The van der Waals surface area contributed by atoms with Gasteiger partial charge in [-0.2, -0.15) is 10.1 Å². The Balaban J connectivity index is 1.11. The number of urea groups is 1. The Morgan fingerprint density at radius 3 is 2.30 bits per heavy atom. The van der Waals surface area contributed by atoms with Crippen molar-refractivity contribution >= 4 is 23.4 Å². The lowest BCUT2D eigenvalue weighted by Crippen LogP contribution is -2.47. The monoisotopic (exact) mass is 636 g/mol. The number of methoxy groups -OCH3 is 2. The molecule has 0 aliphatic carbocycles. The summed E-state index contributed by atoms with van der Waals surface area (Å²) in [5, 5.41) is 10.9. The van der Waals surface area contributed by atoms with Crippen LogP contribution >= 0.6 is 0 Å². The molecule has 0 radical (unpaired) electrons. The molecular weight excluding hydrogens is 592 g/mol. The molecule has 10 heteroatoms. The minimum Gasteiger partial charge on any atom is -0.481 e. The highest BCUT2D eigenvalue weighted by molar-refractivity contribution is 5.99. The summed E-state index contributed by atoms with van der Waals surface area (Å²) in [5.74, 6) is 1.72. The van der Waals surface area contributed by atoms with Gasteiger partial charge in [0.05, 0.1) is 25.6 Å². The number of carbonyl (C=O) groups excluding carboxylic acids is 2. The molecule has 3 amide bonds.